The maximum atomic E-state index is 14.1. The van der Waals surface area contributed by atoms with Crippen LogP contribution in [0.4, 0.5) is 4.39 Å². The Balaban J connectivity index is 1.57. The maximum absolute atomic E-state index is 14.1. The average molecular weight is 405 g/mol. The van der Waals surface area contributed by atoms with Crippen molar-refractivity contribution in [1.82, 2.24) is 24.8 Å². The third-order valence-electron chi connectivity index (χ3n) is 4.48. The number of halogens is 1. The van der Waals surface area contributed by atoms with E-state index in [1.165, 1.54) is 6.07 Å². The molecule has 1 aromatic carbocycles. The van der Waals surface area contributed by atoms with Crippen molar-refractivity contribution < 1.29 is 8.91 Å². The normalized spacial score (nSPS) is 11.8. The Labute approximate surface area is 172 Å². The fourth-order valence-electron chi connectivity index (χ4n) is 3.04. The number of nitrogens with zero attached hydrogens (tertiary/aromatic N) is 5. The molecule has 0 aliphatic carbocycles. The Bertz CT molecular complexity index is 1240. The zero-order valence-corrected chi connectivity index (χ0v) is 16.6. The van der Waals surface area contributed by atoms with Crippen LogP contribution in [0.3, 0.4) is 0 Å². The van der Waals surface area contributed by atoms with Crippen LogP contribution in [-0.2, 0) is 13.0 Å². The highest BCUT2D eigenvalue weighted by Crippen LogP contribution is 2.16. The molecule has 0 bridgehead atoms. The summed E-state index contributed by atoms with van der Waals surface area (Å²) in [7, 11) is 0. The summed E-state index contributed by atoms with van der Waals surface area (Å²) in [6.07, 6.45) is 5.36. The van der Waals surface area contributed by atoms with E-state index < -0.39 is 0 Å². The molecule has 8 nitrogen and oxygen atoms in total. The molecule has 0 spiro atoms. The third kappa shape index (κ3) is 4.24. The van der Waals surface area contributed by atoms with Crippen LogP contribution >= 0.6 is 0 Å². The van der Waals surface area contributed by atoms with Gasteiger partial charge in [-0.3, -0.25) is 5.41 Å². The van der Waals surface area contributed by atoms with Crippen molar-refractivity contribution in [2.45, 2.75) is 26.8 Å². The summed E-state index contributed by atoms with van der Waals surface area (Å²) in [6, 6.07) is 8.39. The molecule has 0 saturated heterocycles. The second-order valence-electron chi connectivity index (χ2n) is 6.83. The first kappa shape index (κ1) is 19.4. The molecule has 3 aromatic heterocycles. The third-order valence-corrected chi connectivity index (χ3v) is 4.48. The molecule has 0 aliphatic rings. The summed E-state index contributed by atoms with van der Waals surface area (Å²) in [5.74, 6) is 0.963. The number of hydrogen-bond donors (Lipinski definition) is 2. The topological polar surface area (TPSA) is 104 Å². The number of amidine groups is 2. The number of benzene rings is 1. The van der Waals surface area contributed by atoms with Crippen molar-refractivity contribution in [3.8, 4) is 0 Å². The van der Waals surface area contributed by atoms with Crippen LogP contribution in [0.15, 0.2) is 58.4 Å². The molecule has 0 fully saturated rings. The highest BCUT2D eigenvalue weighted by atomic mass is 19.1. The van der Waals surface area contributed by atoms with Gasteiger partial charge in [-0.1, -0.05) is 23.4 Å². The second-order valence-corrected chi connectivity index (χ2v) is 6.83. The fourth-order valence-corrected chi connectivity index (χ4v) is 3.04. The van der Waals surface area contributed by atoms with Gasteiger partial charge in [-0.2, -0.15) is 0 Å². The van der Waals surface area contributed by atoms with E-state index >= 15 is 0 Å². The first-order valence-corrected chi connectivity index (χ1v) is 9.36. The Kier molecular flexibility index (Phi) is 5.34. The summed E-state index contributed by atoms with van der Waals surface area (Å²) < 4.78 is 20.9. The molecule has 9 heteroatoms. The van der Waals surface area contributed by atoms with Crippen LogP contribution in [0, 0.1) is 18.2 Å². The molecule has 2 N–H and O–H groups in total. The minimum absolute atomic E-state index is 0.0123. The number of fused-ring (bicyclic) bond motifs is 1. The van der Waals surface area contributed by atoms with Gasteiger partial charge in [0.25, 0.3) is 0 Å². The van der Waals surface area contributed by atoms with E-state index in [1.807, 2.05) is 13.0 Å². The molecule has 0 atom stereocenters. The number of rotatable bonds is 5. The van der Waals surface area contributed by atoms with E-state index in [2.05, 4.69) is 25.4 Å². The number of imidazole rings is 1. The zero-order valence-electron chi connectivity index (χ0n) is 16.6. The molecule has 0 unspecified atom stereocenters. The Morgan fingerprint density at radius 2 is 2.17 bits per heavy atom. The van der Waals surface area contributed by atoms with Gasteiger partial charge >= 0.3 is 0 Å². The lowest BCUT2D eigenvalue weighted by Gasteiger charge is -2.08. The van der Waals surface area contributed by atoms with Gasteiger partial charge in [-0.25, -0.2) is 19.4 Å². The molecular weight excluding hydrogens is 385 g/mol. The number of nitrogens with one attached hydrogen (secondary N) is 2. The smallest absolute Gasteiger partial charge is 0.174 e. The molecule has 30 heavy (non-hydrogen) atoms. The maximum Gasteiger partial charge on any atom is 0.174 e. The number of hydrogen-bond acceptors (Lipinski definition) is 5. The summed E-state index contributed by atoms with van der Waals surface area (Å²) in [4.78, 5) is 13.1. The Morgan fingerprint density at radius 1 is 1.33 bits per heavy atom. The standard InChI is InChI=1S/C21H20FN7O/c1-13-9-16(28-30-13)11-25-14(2)26-20(23)19-12-29-8-7-24-21(29)18(27-19)10-15-5-3-4-6-17(15)22/h3-9,12H,10-11H2,1-2H3,(H2,23,25,26). The van der Waals surface area contributed by atoms with Crippen LogP contribution in [0.5, 0.6) is 0 Å². The first-order valence-electron chi connectivity index (χ1n) is 9.36. The number of aryl methyl sites for hydroxylation is 1. The highest BCUT2D eigenvalue weighted by Gasteiger charge is 2.13. The van der Waals surface area contributed by atoms with E-state index in [0.29, 0.717) is 35.0 Å². The van der Waals surface area contributed by atoms with Gasteiger partial charge in [0.15, 0.2) is 11.5 Å². The van der Waals surface area contributed by atoms with Crippen LogP contribution < -0.4 is 5.32 Å². The second kappa shape index (κ2) is 8.24. The van der Waals surface area contributed by atoms with E-state index in [1.54, 1.807) is 48.1 Å². The van der Waals surface area contributed by atoms with Gasteiger partial charge in [0.05, 0.1) is 12.2 Å². The van der Waals surface area contributed by atoms with Crippen LogP contribution in [0.1, 0.15) is 35.3 Å². The minimum Gasteiger partial charge on any atom is -0.368 e. The van der Waals surface area contributed by atoms with E-state index in [-0.39, 0.29) is 18.1 Å². The highest BCUT2D eigenvalue weighted by molar-refractivity contribution is 6.03. The average Bonchev–Trinajstić information content (AvgIpc) is 3.36. The lowest BCUT2D eigenvalue weighted by molar-refractivity contribution is 0.390. The largest absolute Gasteiger partial charge is 0.368 e. The molecule has 0 radical (unpaired) electrons. The minimum atomic E-state index is -0.300. The first-order chi connectivity index (χ1) is 14.5. The molecule has 152 valence electrons. The van der Waals surface area contributed by atoms with Crippen LogP contribution in [0.25, 0.3) is 5.65 Å². The lowest BCUT2D eigenvalue weighted by atomic mass is 10.1. The van der Waals surface area contributed by atoms with Gasteiger partial charge in [-0.15, -0.1) is 0 Å². The predicted molar refractivity (Wildman–Crippen MR) is 110 cm³/mol. The van der Waals surface area contributed by atoms with Gasteiger partial charge < -0.3 is 14.2 Å². The lowest BCUT2D eigenvalue weighted by Crippen LogP contribution is -2.21. The summed E-state index contributed by atoms with van der Waals surface area (Å²) in [5, 5.41) is 15.4. The summed E-state index contributed by atoms with van der Waals surface area (Å²) in [6.45, 7) is 4.02. The quantitative estimate of drug-likeness (QED) is 0.392. The molecule has 4 aromatic rings. The van der Waals surface area contributed by atoms with Gasteiger partial charge in [0.2, 0.25) is 0 Å². The zero-order chi connectivity index (χ0) is 21.1. The van der Waals surface area contributed by atoms with Gasteiger partial charge in [0.1, 0.15) is 28.8 Å². The van der Waals surface area contributed by atoms with Crippen molar-refractivity contribution in [2.75, 3.05) is 0 Å². The van der Waals surface area contributed by atoms with Crippen molar-refractivity contribution in [2.24, 2.45) is 4.99 Å². The molecule has 0 saturated carbocycles. The molecular formula is C21H20FN7O. The van der Waals surface area contributed by atoms with E-state index in [9.17, 15) is 4.39 Å². The van der Waals surface area contributed by atoms with Gasteiger partial charge in [0, 0.05) is 31.1 Å². The Morgan fingerprint density at radius 3 is 2.93 bits per heavy atom. The molecule has 0 aliphatic heterocycles. The monoisotopic (exact) mass is 405 g/mol. The fraction of sp³-hybridized carbons (Fsp3) is 0.190. The van der Waals surface area contributed by atoms with Crippen molar-refractivity contribution >= 4 is 17.3 Å². The number of aromatic nitrogens is 4. The molecule has 4 rings (SSSR count). The van der Waals surface area contributed by atoms with E-state index in [0.717, 1.165) is 11.5 Å². The van der Waals surface area contributed by atoms with Gasteiger partial charge in [-0.05, 0) is 25.5 Å². The van der Waals surface area contributed by atoms with Crippen molar-refractivity contribution in [1.29, 1.82) is 5.41 Å². The molecule has 0 amide bonds. The predicted octanol–water partition coefficient (Wildman–Crippen LogP) is 3.29. The number of aliphatic imine (C=N–C) groups is 1. The van der Waals surface area contributed by atoms with Crippen molar-refractivity contribution in [3.63, 3.8) is 0 Å². The molecule has 3 heterocycles. The van der Waals surface area contributed by atoms with Crippen LogP contribution in [-0.4, -0.2) is 31.2 Å². The Hall–Kier alpha value is -3.88. The van der Waals surface area contributed by atoms with Crippen molar-refractivity contribution in [3.05, 3.63) is 83.1 Å². The summed E-state index contributed by atoms with van der Waals surface area (Å²) in [5.41, 5.74) is 2.83. The summed E-state index contributed by atoms with van der Waals surface area (Å²) >= 11 is 0. The van der Waals surface area contributed by atoms with E-state index in [4.69, 9.17) is 9.93 Å². The van der Waals surface area contributed by atoms with Crippen LogP contribution in [0.2, 0.25) is 0 Å². The SMILES string of the molecule is C/C(=N/C(=N)c1cn2ccnc2c(Cc2ccccc2F)n1)NCc1cc(C)on1.